The highest BCUT2D eigenvalue weighted by Crippen LogP contribution is 2.25. The van der Waals surface area contributed by atoms with Crippen molar-refractivity contribution in [2.45, 2.75) is 13.1 Å². The summed E-state index contributed by atoms with van der Waals surface area (Å²) >= 11 is 0. The fourth-order valence-corrected chi connectivity index (χ4v) is 2.65. The molecule has 0 amide bonds. The number of alkyl halides is 2. The molecule has 0 saturated heterocycles. The molecule has 0 aliphatic carbocycles. The lowest BCUT2D eigenvalue weighted by Crippen LogP contribution is -2.27. The van der Waals surface area contributed by atoms with E-state index in [1.165, 1.54) is 0 Å². The van der Waals surface area contributed by atoms with Crippen LogP contribution in [0.1, 0.15) is 12.4 Å². The fourth-order valence-electron chi connectivity index (χ4n) is 2.65. The first kappa shape index (κ1) is 15.4. The van der Waals surface area contributed by atoms with Gasteiger partial charge in [0.05, 0.1) is 24.2 Å². The van der Waals surface area contributed by atoms with Crippen LogP contribution in [0.2, 0.25) is 0 Å². The van der Waals surface area contributed by atoms with Gasteiger partial charge >= 0.3 is 6.55 Å². The van der Waals surface area contributed by atoms with Crippen molar-refractivity contribution >= 4 is 16.7 Å². The zero-order chi connectivity index (χ0) is 16.2. The van der Waals surface area contributed by atoms with E-state index >= 15 is 0 Å². The van der Waals surface area contributed by atoms with E-state index in [1.54, 1.807) is 24.3 Å². The van der Waals surface area contributed by atoms with Gasteiger partial charge in [0.1, 0.15) is 5.82 Å². The molecule has 23 heavy (non-hydrogen) atoms. The largest absolute Gasteiger partial charge is 0.395 e. The number of hydrogen-bond donors (Lipinski definition) is 1. The molecule has 0 bridgehead atoms. The van der Waals surface area contributed by atoms with Gasteiger partial charge in [-0.1, -0.05) is 30.3 Å². The van der Waals surface area contributed by atoms with Gasteiger partial charge in [-0.3, -0.25) is 4.57 Å². The van der Waals surface area contributed by atoms with Gasteiger partial charge in [0.25, 0.3) is 0 Å². The normalized spacial score (nSPS) is 11.3. The Morgan fingerprint density at radius 1 is 1.04 bits per heavy atom. The van der Waals surface area contributed by atoms with Gasteiger partial charge in [0.2, 0.25) is 0 Å². The van der Waals surface area contributed by atoms with E-state index in [1.807, 2.05) is 35.2 Å². The van der Waals surface area contributed by atoms with Crippen LogP contribution in [0.25, 0.3) is 11.0 Å². The van der Waals surface area contributed by atoms with Gasteiger partial charge in [-0.15, -0.1) is 0 Å². The summed E-state index contributed by atoms with van der Waals surface area (Å²) in [6, 6.07) is 16.2. The number of aliphatic hydroxyl groups excluding tert-OH is 1. The van der Waals surface area contributed by atoms with Crippen LogP contribution in [0.4, 0.5) is 14.5 Å². The molecule has 0 spiro atoms. The quantitative estimate of drug-likeness (QED) is 0.757. The minimum absolute atomic E-state index is 0.0657. The highest BCUT2D eigenvalue weighted by Gasteiger charge is 2.19. The van der Waals surface area contributed by atoms with Gasteiger partial charge in [-0.05, 0) is 24.3 Å². The van der Waals surface area contributed by atoms with Crippen LogP contribution < -0.4 is 4.90 Å². The highest BCUT2D eigenvalue weighted by molar-refractivity contribution is 5.76. The Bertz CT molecular complexity index is 774. The Labute approximate surface area is 132 Å². The summed E-state index contributed by atoms with van der Waals surface area (Å²) in [6.07, 6.45) is 0. The molecule has 3 rings (SSSR count). The Morgan fingerprint density at radius 2 is 1.74 bits per heavy atom. The van der Waals surface area contributed by atoms with Crippen LogP contribution in [0, 0.1) is 0 Å². The van der Waals surface area contributed by atoms with Crippen LogP contribution >= 0.6 is 0 Å². The fraction of sp³-hybridized carbons (Fsp3) is 0.235. The zero-order valence-corrected chi connectivity index (χ0v) is 12.4. The monoisotopic (exact) mass is 317 g/mol. The topological polar surface area (TPSA) is 41.3 Å². The van der Waals surface area contributed by atoms with E-state index in [0.717, 1.165) is 10.3 Å². The van der Waals surface area contributed by atoms with Crippen molar-refractivity contribution in [2.24, 2.45) is 0 Å². The number of nitrogens with zero attached hydrogens (tertiary/aromatic N) is 3. The molecule has 120 valence electrons. The third-order valence-electron chi connectivity index (χ3n) is 3.69. The maximum Gasteiger partial charge on any atom is 0.320 e. The van der Waals surface area contributed by atoms with Crippen LogP contribution in [0.5, 0.6) is 0 Å². The van der Waals surface area contributed by atoms with E-state index in [9.17, 15) is 13.9 Å². The number of benzene rings is 2. The lowest BCUT2D eigenvalue weighted by Gasteiger charge is -2.24. The zero-order valence-electron chi connectivity index (χ0n) is 12.4. The summed E-state index contributed by atoms with van der Waals surface area (Å²) in [5, 5.41) is 9.28. The number of fused-ring (bicyclic) bond motifs is 1. The van der Waals surface area contributed by atoms with Crippen molar-refractivity contribution in [2.75, 3.05) is 18.1 Å². The smallest absolute Gasteiger partial charge is 0.320 e. The van der Waals surface area contributed by atoms with E-state index in [2.05, 4.69) is 4.98 Å². The molecule has 0 fully saturated rings. The average molecular weight is 317 g/mol. The summed E-state index contributed by atoms with van der Waals surface area (Å²) in [4.78, 5) is 6.17. The van der Waals surface area contributed by atoms with Crippen molar-refractivity contribution in [1.82, 2.24) is 9.55 Å². The molecule has 1 aromatic heterocycles. The third-order valence-corrected chi connectivity index (χ3v) is 3.69. The van der Waals surface area contributed by atoms with Crippen molar-refractivity contribution in [3.63, 3.8) is 0 Å². The number of imidazole rings is 1. The number of anilines is 1. The summed E-state index contributed by atoms with van der Waals surface area (Å²) < 4.78 is 27.9. The van der Waals surface area contributed by atoms with Crippen molar-refractivity contribution in [3.8, 4) is 0 Å². The Balaban J connectivity index is 2.00. The Morgan fingerprint density at radius 3 is 2.43 bits per heavy atom. The second-order valence-corrected chi connectivity index (χ2v) is 5.15. The molecule has 0 radical (unpaired) electrons. The first-order valence-corrected chi connectivity index (χ1v) is 7.35. The molecule has 1 heterocycles. The predicted molar refractivity (Wildman–Crippen MR) is 85.6 cm³/mol. The molecule has 2 aromatic carbocycles. The SMILES string of the molecule is OCCN(Cc1nc2ccccc2n1C(F)F)c1ccccc1. The lowest BCUT2D eigenvalue weighted by molar-refractivity contribution is 0.0714. The van der Waals surface area contributed by atoms with Crippen LogP contribution in [0.3, 0.4) is 0 Å². The number of halogens is 2. The van der Waals surface area contributed by atoms with E-state index in [4.69, 9.17) is 0 Å². The summed E-state index contributed by atoms with van der Waals surface area (Å²) in [5.41, 5.74) is 1.81. The highest BCUT2D eigenvalue weighted by atomic mass is 19.3. The number of hydrogen-bond acceptors (Lipinski definition) is 3. The molecule has 3 aromatic rings. The van der Waals surface area contributed by atoms with Crippen LogP contribution in [0.15, 0.2) is 54.6 Å². The lowest BCUT2D eigenvalue weighted by atomic mass is 10.3. The minimum Gasteiger partial charge on any atom is -0.395 e. The van der Waals surface area contributed by atoms with Gasteiger partial charge < -0.3 is 10.0 Å². The van der Waals surface area contributed by atoms with E-state index < -0.39 is 6.55 Å². The summed E-state index contributed by atoms with van der Waals surface area (Å²) in [5.74, 6) is 0.276. The second kappa shape index (κ2) is 6.75. The van der Waals surface area contributed by atoms with Crippen LogP contribution in [-0.4, -0.2) is 27.8 Å². The predicted octanol–water partition coefficient (Wildman–Crippen LogP) is 3.43. The second-order valence-electron chi connectivity index (χ2n) is 5.15. The molecule has 0 aliphatic rings. The molecule has 6 heteroatoms. The number of rotatable bonds is 6. The standard InChI is InChI=1S/C17H17F2N3O/c18-17(19)22-15-9-5-4-8-14(15)20-16(22)12-21(10-11-23)13-6-2-1-3-7-13/h1-9,17,23H,10-12H2. The number of aliphatic hydroxyl groups is 1. The van der Waals surface area contributed by atoms with Gasteiger partial charge in [0.15, 0.2) is 0 Å². The molecular weight excluding hydrogens is 300 g/mol. The first-order valence-electron chi connectivity index (χ1n) is 7.35. The Hall–Kier alpha value is -2.47. The molecule has 0 unspecified atom stereocenters. The van der Waals surface area contributed by atoms with Crippen molar-refractivity contribution in [3.05, 3.63) is 60.4 Å². The molecule has 0 atom stereocenters. The van der Waals surface area contributed by atoms with Gasteiger partial charge in [0, 0.05) is 12.2 Å². The number of aromatic nitrogens is 2. The molecule has 1 N–H and O–H groups in total. The maximum absolute atomic E-state index is 13.5. The average Bonchev–Trinajstić information content (AvgIpc) is 2.93. The van der Waals surface area contributed by atoms with E-state index in [-0.39, 0.29) is 19.0 Å². The molecular formula is C17H17F2N3O. The van der Waals surface area contributed by atoms with Crippen molar-refractivity contribution in [1.29, 1.82) is 0 Å². The van der Waals surface area contributed by atoms with Gasteiger partial charge in [-0.2, -0.15) is 8.78 Å². The molecule has 0 saturated carbocycles. The minimum atomic E-state index is -2.66. The van der Waals surface area contributed by atoms with Crippen LogP contribution in [-0.2, 0) is 6.54 Å². The first-order chi connectivity index (χ1) is 11.2. The van der Waals surface area contributed by atoms with E-state index in [0.29, 0.717) is 17.6 Å². The summed E-state index contributed by atoms with van der Waals surface area (Å²) in [7, 11) is 0. The Kier molecular flexibility index (Phi) is 4.52. The molecule has 4 nitrogen and oxygen atoms in total. The number of para-hydroxylation sites is 3. The summed E-state index contributed by atoms with van der Waals surface area (Å²) in [6.45, 7) is -2.19. The third kappa shape index (κ3) is 3.17. The van der Waals surface area contributed by atoms with Crippen molar-refractivity contribution < 1.29 is 13.9 Å². The van der Waals surface area contributed by atoms with Gasteiger partial charge in [-0.25, -0.2) is 4.98 Å². The molecule has 0 aliphatic heterocycles. The maximum atomic E-state index is 13.5.